The van der Waals surface area contributed by atoms with Crippen molar-refractivity contribution in [1.82, 2.24) is 4.98 Å². The molecule has 1 amide bonds. The molecule has 0 aliphatic rings. The predicted molar refractivity (Wildman–Crippen MR) is 65.0 cm³/mol. The molecule has 0 aliphatic heterocycles. The van der Waals surface area contributed by atoms with Crippen molar-refractivity contribution in [2.24, 2.45) is 0 Å². The number of aromatic hydroxyl groups is 1. The molecule has 0 aliphatic carbocycles. The van der Waals surface area contributed by atoms with Crippen LogP contribution in [0.1, 0.15) is 15.9 Å². The summed E-state index contributed by atoms with van der Waals surface area (Å²) in [5.74, 6) is -0.857. The Labute approximate surface area is 103 Å². The Kier molecular flexibility index (Phi) is 3.23. The van der Waals surface area contributed by atoms with Crippen LogP contribution in [0.4, 0.5) is 10.2 Å². The molecule has 2 rings (SSSR count). The van der Waals surface area contributed by atoms with Crippen molar-refractivity contribution in [3.05, 3.63) is 53.5 Å². The van der Waals surface area contributed by atoms with Crippen LogP contribution in [-0.2, 0) is 0 Å². The molecule has 0 bridgehead atoms. The fourth-order valence-corrected chi connectivity index (χ4v) is 1.47. The first-order valence-electron chi connectivity index (χ1n) is 5.29. The number of aromatic nitrogens is 1. The number of anilines is 1. The molecule has 5 heteroatoms. The molecular formula is C13H11FN2O2. The number of phenolic OH excluding ortho intramolecular Hbond substituents is 1. The van der Waals surface area contributed by atoms with Gasteiger partial charge in [0.25, 0.3) is 5.91 Å². The Morgan fingerprint density at radius 3 is 2.78 bits per heavy atom. The van der Waals surface area contributed by atoms with Crippen LogP contribution in [0.3, 0.4) is 0 Å². The summed E-state index contributed by atoms with van der Waals surface area (Å²) in [5, 5.41) is 12.1. The lowest BCUT2D eigenvalue weighted by Crippen LogP contribution is -2.13. The van der Waals surface area contributed by atoms with E-state index in [1.807, 2.05) is 6.92 Å². The van der Waals surface area contributed by atoms with Gasteiger partial charge in [0.05, 0.1) is 11.8 Å². The highest BCUT2D eigenvalue weighted by atomic mass is 19.1. The van der Waals surface area contributed by atoms with Gasteiger partial charge in [0, 0.05) is 0 Å². The molecule has 0 fully saturated rings. The molecule has 4 nitrogen and oxygen atoms in total. The summed E-state index contributed by atoms with van der Waals surface area (Å²) in [6.07, 6.45) is 1.01. The molecule has 0 atom stereocenters. The number of hydrogen-bond acceptors (Lipinski definition) is 3. The van der Waals surface area contributed by atoms with Crippen LogP contribution >= 0.6 is 0 Å². The number of rotatable bonds is 2. The van der Waals surface area contributed by atoms with Crippen molar-refractivity contribution >= 4 is 11.7 Å². The first-order valence-corrected chi connectivity index (χ1v) is 5.29. The van der Waals surface area contributed by atoms with E-state index in [1.54, 1.807) is 12.1 Å². The maximum absolute atomic E-state index is 12.6. The van der Waals surface area contributed by atoms with Gasteiger partial charge in [0.15, 0.2) is 0 Å². The average molecular weight is 246 g/mol. The van der Waals surface area contributed by atoms with Crippen molar-refractivity contribution in [2.75, 3.05) is 5.32 Å². The van der Waals surface area contributed by atoms with Gasteiger partial charge in [-0.05, 0) is 31.2 Å². The van der Waals surface area contributed by atoms with Gasteiger partial charge in [-0.25, -0.2) is 9.37 Å². The van der Waals surface area contributed by atoms with Crippen LogP contribution in [0.2, 0.25) is 0 Å². The van der Waals surface area contributed by atoms with Gasteiger partial charge < -0.3 is 10.4 Å². The lowest BCUT2D eigenvalue weighted by Gasteiger charge is -2.06. The van der Waals surface area contributed by atoms with E-state index in [0.717, 1.165) is 11.8 Å². The fraction of sp³-hybridized carbons (Fsp3) is 0.0769. The lowest BCUT2D eigenvalue weighted by molar-refractivity contribution is 0.102. The highest BCUT2D eigenvalue weighted by Crippen LogP contribution is 2.19. The van der Waals surface area contributed by atoms with Gasteiger partial charge in [-0.15, -0.1) is 0 Å². The van der Waals surface area contributed by atoms with Crippen LogP contribution in [0.25, 0.3) is 0 Å². The summed E-state index contributed by atoms with van der Waals surface area (Å²) in [7, 11) is 0. The Hall–Kier alpha value is -2.43. The molecule has 2 aromatic rings. The number of benzene rings is 1. The number of pyridine rings is 1. The Morgan fingerprint density at radius 1 is 1.33 bits per heavy atom. The van der Waals surface area contributed by atoms with Gasteiger partial charge in [0.1, 0.15) is 17.4 Å². The maximum atomic E-state index is 12.6. The lowest BCUT2D eigenvalue weighted by atomic mass is 10.1. The number of hydrogen-bond donors (Lipinski definition) is 2. The molecular weight excluding hydrogens is 235 g/mol. The molecule has 0 spiro atoms. The van der Waals surface area contributed by atoms with Gasteiger partial charge in [-0.3, -0.25) is 4.79 Å². The summed E-state index contributed by atoms with van der Waals surface area (Å²) in [6, 6.07) is 7.25. The van der Waals surface area contributed by atoms with E-state index < -0.39 is 11.7 Å². The average Bonchev–Trinajstić information content (AvgIpc) is 2.35. The van der Waals surface area contributed by atoms with Crippen LogP contribution < -0.4 is 5.32 Å². The zero-order chi connectivity index (χ0) is 13.1. The Balaban J connectivity index is 2.21. The van der Waals surface area contributed by atoms with Gasteiger partial charge in [-0.2, -0.15) is 0 Å². The monoisotopic (exact) mass is 246 g/mol. The van der Waals surface area contributed by atoms with E-state index >= 15 is 0 Å². The molecule has 0 saturated carbocycles. The van der Waals surface area contributed by atoms with Gasteiger partial charge in [-0.1, -0.05) is 11.6 Å². The Bertz CT molecular complexity index is 582. The zero-order valence-electron chi connectivity index (χ0n) is 9.64. The maximum Gasteiger partial charge on any atom is 0.260 e. The number of amides is 1. The zero-order valence-corrected chi connectivity index (χ0v) is 9.64. The van der Waals surface area contributed by atoms with E-state index in [1.165, 1.54) is 18.2 Å². The number of carbonyl (C=O) groups is 1. The van der Waals surface area contributed by atoms with Crippen LogP contribution in [0.15, 0.2) is 36.5 Å². The summed E-state index contributed by atoms with van der Waals surface area (Å²) in [5.41, 5.74) is 1.01. The number of halogens is 1. The topological polar surface area (TPSA) is 62.2 Å². The van der Waals surface area contributed by atoms with Crippen LogP contribution in [-0.4, -0.2) is 16.0 Å². The highest BCUT2D eigenvalue weighted by Gasteiger charge is 2.11. The molecule has 1 heterocycles. The molecule has 0 unspecified atom stereocenters. The summed E-state index contributed by atoms with van der Waals surface area (Å²) >= 11 is 0. The van der Waals surface area contributed by atoms with Gasteiger partial charge >= 0.3 is 0 Å². The van der Waals surface area contributed by atoms with Crippen molar-refractivity contribution in [3.63, 3.8) is 0 Å². The third kappa shape index (κ3) is 2.63. The van der Waals surface area contributed by atoms with Crippen molar-refractivity contribution in [3.8, 4) is 5.75 Å². The minimum Gasteiger partial charge on any atom is -0.507 e. The van der Waals surface area contributed by atoms with Crippen molar-refractivity contribution in [1.29, 1.82) is 0 Å². The van der Waals surface area contributed by atoms with E-state index in [4.69, 9.17) is 0 Å². The molecule has 18 heavy (non-hydrogen) atoms. The first kappa shape index (κ1) is 12.0. The molecule has 1 aromatic heterocycles. The van der Waals surface area contributed by atoms with Crippen molar-refractivity contribution < 1.29 is 14.3 Å². The Morgan fingerprint density at radius 2 is 2.11 bits per heavy atom. The first-order chi connectivity index (χ1) is 8.56. The standard InChI is InChI=1S/C13H11FN2O2/c1-8-2-4-11(17)10(6-8)13(18)16-12-5-3-9(14)7-15-12/h2-7,17H,1H3,(H,15,16,18). The van der Waals surface area contributed by atoms with E-state index in [9.17, 15) is 14.3 Å². The second kappa shape index (κ2) is 4.83. The summed E-state index contributed by atoms with van der Waals surface area (Å²) in [6.45, 7) is 1.81. The summed E-state index contributed by atoms with van der Waals surface area (Å²) < 4.78 is 12.6. The fourth-order valence-electron chi connectivity index (χ4n) is 1.47. The van der Waals surface area contributed by atoms with Crippen molar-refractivity contribution in [2.45, 2.75) is 6.92 Å². The number of nitrogens with zero attached hydrogens (tertiary/aromatic N) is 1. The predicted octanol–water partition coefficient (Wildman–Crippen LogP) is 2.49. The van der Waals surface area contributed by atoms with Crippen LogP contribution in [0.5, 0.6) is 5.75 Å². The smallest absolute Gasteiger partial charge is 0.260 e. The summed E-state index contributed by atoms with van der Waals surface area (Å²) in [4.78, 5) is 15.6. The molecule has 0 saturated heterocycles. The van der Waals surface area contributed by atoms with E-state index in [-0.39, 0.29) is 17.1 Å². The normalized spacial score (nSPS) is 10.1. The molecule has 2 N–H and O–H groups in total. The third-order valence-electron chi connectivity index (χ3n) is 2.37. The quantitative estimate of drug-likeness (QED) is 0.855. The minimum atomic E-state index is -0.490. The molecule has 1 aromatic carbocycles. The number of phenols is 1. The SMILES string of the molecule is Cc1ccc(O)c(C(=O)Nc2ccc(F)cn2)c1. The third-order valence-corrected chi connectivity index (χ3v) is 2.37. The molecule has 0 radical (unpaired) electrons. The largest absolute Gasteiger partial charge is 0.507 e. The highest BCUT2D eigenvalue weighted by molar-refractivity contribution is 6.05. The second-order valence-corrected chi connectivity index (χ2v) is 3.84. The van der Waals surface area contributed by atoms with Gasteiger partial charge in [0.2, 0.25) is 0 Å². The second-order valence-electron chi connectivity index (χ2n) is 3.84. The number of carbonyl (C=O) groups excluding carboxylic acids is 1. The van der Waals surface area contributed by atoms with E-state index in [2.05, 4.69) is 10.3 Å². The number of aryl methyl sites for hydroxylation is 1. The molecule has 92 valence electrons. The minimum absolute atomic E-state index is 0.111. The van der Waals surface area contributed by atoms with Crippen LogP contribution in [0, 0.1) is 12.7 Å². The van der Waals surface area contributed by atoms with E-state index in [0.29, 0.717) is 0 Å². The number of nitrogens with one attached hydrogen (secondary N) is 1.